The minimum atomic E-state index is -1.52. The third-order valence-electron chi connectivity index (χ3n) is 2.78. The van der Waals surface area contributed by atoms with E-state index in [-0.39, 0.29) is 5.75 Å². The lowest BCUT2D eigenvalue weighted by molar-refractivity contribution is 0.614. The van der Waals surface area contributed by atoms with Gasteiger partial charge in [0.15, 0.2) is 0 Å². The van der Waals surface area contributed by atoms with E-state index in [1.807, 2.05) is 0 Å². The van der Waals surface area contributed by atoms with Crippen molar-refractivity contribution in [3.63, 3.8) is 0 Å². The zero-order chi connectivity index (χ0) is 14.7. The molecule has 2 rings (SSSR count). The third kappa shape index (κ3) is 3.38. The fourth-order valence-corrected chi connectivity index (χ4v) is 3.91. The molecule has 2 nitrogen and oxygen atoms in total. The third-order valence-corrected chi connectivity index (χ3v) is 5.10. The van der Waals surface area contributed by atoms with E-state index in [0.717, 1.165) is 5.56 Å². The van der Waals surface area contributed by atoms with E-state index in [0.29, 0.717) is 27.0 Å². The first-order valence-corrected chi connectivity index (χ1v) is 7.90. The number of hydrogen-bond acceptors (Lipinski definition) is 2. The normalized spacial score (nSPS) is 12.4. The average Bonchev–Trinajstić information content (AvgIpc) is 2.41. The molecule has 106 valence electrons. The van der Waals surface area contributed by atoms with Crippen molar-refractivity contribution in [3.05, 3.63) is 63.4 Å². The van der Waals surface area contributed by atoms with Crippen molar-refractivity contribution < 1.29 is 8.60 Å². The number of halogens is 3. The topological polar surface area (TPSA) is 43.1 Å². The van der Waals surface area contributed by atoms with Gasteiger partial charge in [-0.2, -0.15) is 0 Å². The van der Waals surface area contributed by atoms with E-state index in [2.05, 4.69) is 0 Å². The van der Waals surface area contributed by atoms with Crippen LogP contribution in [0.4, 0.5) is 4.39 Å². The molecule has 0 aliphatic rings. The molecule has 6 heteroatoms. The molecule has 0 saturated heterocycles. The molecule has 2 N–H and O–H groups in total. The summed E-state index contributed by atoms with van der Waals surface area (Å²) in [6.45, 7) is 0.298. The van der Waals surface area contributed by atoms with E-state index in [9.17, 15) is 8.60 Å². The zero-order valence-electron chi connectivity index (χ0n) is 10.4. The van der Waals surface area contributed by atoms with Crippen LogP contribution < -0.4 is 5.73 Å². The molecule has 0 aliphatic heterocycles. The molecule has 2 aromatic rings. The quantitative estimate of drug-likeness (QED) is 0.923. The molecular weight excluding hydrogens is 320 g/mol. The predicted molar refractivity (Wildman–Crippen MR) is 80.9 cm³/mol. The van der Waals surface area contributed by atoms with Gasteiger partial charge in [0.25, 0.3) is 0 Å². The summed E-state index contributed by atoms with van der Waals surface area (Å²) in [5.74, 6) is -0.415. The van der Waals surface area contributed by atoms with Gasteiger partial charge in [-0.1, -0.05) is 41.4 Å². The molecule has 1 unspecified atom stereocenters. The van der Waals surface area contributed by atoms with Crippen molar-refractivity contribution in [1.82, 2.24) is 0 Å². The summed E-state index contributed by atoms with van der Waals surface area (Å²) in [5.41, 5.74) is 6.64. The molecular formula is C14H12Cl2FNOS. The van der Waals surface area contributed by atoms with Crippen LogP contribution >= 0.6 is 23.2 Å². The molecule has 0 bridgehead atoms. The highest BCUT2D eigenvalue weighted by molar-refractivity contribution is 7.84. The second-order valence-corrected chi connectivity index (χ2v) is 6.37. The van der Waals surface area contributed by atoms with Crippen molar-refractivity contribution in [2.75, 3.05) is 0 Å². The van der Waals surface area contributed by atoms with Crippen LogP contribution in [0.15, 0.2) is 41.3 Å². The fraction of sp³-hybridized carbons (Fsp3) is 0.143. The van der Waals surface area contributed by atoms with Crippen LogP contribution in [0.25, 0.3) is 0 Å². The summed E-state index contributed by atoms with van der Waals surface area (Å²) >= 11 is 12.0. The summed E-state index contributed by atoms with van der Waals surface area (Å²) in [7, 11) is -1.52. The standard InChI is InChI=1S/C14H12Cl2FNOS/c15-11-2-1-3-12(16)14(11)20(19)8-10-6-9(7-18)4-5-13(10)17/h1-6H,7-8,18H2. The number of rotatable bonds is 4. The van der Waals surface area contributed by atoms with Gasteiger partial charge in [0.05, 0.1) is 31.5 Å². The van der Waals surface area contributed by atoms with Crippen LogP contribution in [0, 0.1) is 5.82 Å². The van der Waals surface area contributed by atoms with Crippen LogP contribution in [-0.2, 0) is 23.1 Å². The first-order chi connectivity index (χ1) is 9.52. The van der Waals surface area contributed by atoms with Crippen molar-refractivity contribution in [3.8, 4) is 0 Å². The molecule has 1 atom stereocenters. The smallest absolute Gasteiger partial charge is 0.127 e. The molecule has 0 aliphatic carbocycles. The van der Waals surface area contributed by atoms with Gasteiger partial charge in [-0.05, 0) is 23.8 Å². The maximum Gasteiger partial charge on any atom is 0.127 e. The molecule has 0 spiro atoms. The van der Waals surface area contributed by atoms with E-state index >= 15 is 0 Å². The summed E-state index contributed by atoms with van der Waals surface area (Å²) in [6.07, 6.45) is 0. The number of nitrogens with two attached hydrogens (primary N) is 1. The fourth-order valence-electron chi connectivity index (χ4n) is 1.78. The lowest BCUT2D eigenvalue weighted by Gasteiger charge is -2.09. The van der Waals surface area contributed by atoms with E-state index in [4.69, 9.17) is 28.9 Å². The minimum Gasteiger partial charge on any atom is -0.326 e. The average molecular weight is 332 g/mol. The van der Waals surface area contributed by atoms with E-state index < -0.39 is 16.6 Å². The Labute approximate surface area is 129 Å². The summed E-state index contributed by atoms with van der Waals surface area (Å²) in [6, 6.07) is 9.41. The Morgan fingerprint density at radius 3 is 2.40 bits per heavy atom. The van der Waals surface area contributed by atoms with Gasteiger partial charge < -0.3 is 5.73 Å². The van der Waals surface area contributed by atoms with E-state index in [1.165, 1.54) is 6.07 Å². The number of benzene rings is 2. The summed E-state index contributed by atoms with van der Waals surface area (Å²) in [4.78, 5) is 0.327. The summed E-state index contributed by atoms with van der Waals surface area (Å²) in [5, 5.41) is 0.623. The minimum absolute atomic E-state index is 0.00310. The highest BCUT2D eigenvalue weighted by Crippen LogP contribution is 2.29. The Balaban J connectivity index is 2.33. The maximum absolute atomic E-state index is 13.7. The lowest BCUT2D eigenvalue weighted by Crippen LogP contribution is -2.03. The van der Waals surface area contributed by atoms with Gasteiger partial charge in [-0.15, -0.1) is 0 Å². The van der Waals surface area contributed by atoms with Crippen molar-refractivity contribution in [1.29, 1.82) is 0 Å². The largest absolute Gasteiger partial charge is 0.326 e. The Bertz CT molecular complexity index is 643. The Morgan fingerprint density at radius 1 is 1.15 bits per heavy atom. The Kier molecular flexibility index (Phi) is 5.16. The lowest BCUT2D eigenvalue weighted by atomic mass is 10.1. The first kappa shape index (κ1) is 15.4. The van der Waals surface area contributed by atoms with Crippen molar-refractivity contribution in [2.24, 2.45) is 5.73 Å². The van der Waals surface area contributed by atoms with E-state index in [1.54, 1.807) is 30.3 Å². The molecule has 0 heterocycles. The Morgan fingerprint density at radius 2 is 1.80 bits per heavy atom. The van der Waals surface area contributed by atoms with Gasteiger partial charge in [-0.3, -0.25) is 4.21 Å². The molecule has 0 aromatic heterocycles. The Hall–Kier alpha value is -0.940. The van der Waals surface area contributed by atoms with Gasteiger partial charge in [0, 0.05) is 12.1 Å². The van der Waals surface area contributed by atoms with Gasteiger partial charge in [-0.25, -0.2) is 4.39 Å². The van der Waals surface area contributed by atoms with Gasteiger partial charge in [0.1, 0.15) is 5.82 Å². The highest BCUT2D eigenvalue weighted by Gasteiger charge is 2.15. The molecule has 0 radical (unpaired) electrons. The second-order valence-electron chi connectivity index (χ2n) is 4.17. The van der Waals surface area contributed by atoms with Crippen LogP contribution in [-0.4, -0.2) is 4.21 Å². The number of hydrogen-bond donors (Lipinski definition) is 1. The zero-order valence-corrected chi connectivity index (χ0v) is 12.7. The van der Waals surface area contributed by atoms with Crippen LogP contribution in [0.2, 0.25) is 10.0 Å². The van der Waals surface area contributed by atoms with Gasteiger partial charge >= 0.3 is 0 Å². The van der Waals surface area contributed by atoms with Crippen molar-refractivity contribution >= 4 is 34.0 Å². The monoisotopic (exact) mass is 331 g/mol. The molecule has 0 saturated carbocycles. The molecule has 0 fully saturated rings. The SMILES string of the molecule is NCc1ccc(F)c(CS(=O)c2c(Cl)cccc2Cl)c1. The molecule has 2 aromatic carbocycles. The van der Waals surface area contributed by atoms with Crippen LogP contribution in [0.3, 0.4) is 0 Å². The highest BCUT2D eigenvalue weighted by atomic mass is 35.5. The predicted octanol–water partition coefficient (Wildman–Crippen LogP) is 3.90. The van der Waals surface area contributed by atoms with Crippen molar-refractivity contribution in [2.45, 2.75) is 17.2 Å². The molecule has 0 amide bonds. The van der Waals surface area contributed by atoms with Crippen LogP contribution in [0.1, 0.15) is 11.1 Å². The maximum atomic E-state index is 13.7. The first-order valence-electron chi connectivity index (χ1n) is 5.82. The second kappa shape index (κ2) is 6.68. The van der Waals surface area contributed by atoms with Gasteiger partial charge in [0.2, 0.25) is 0 Å². The van der Waals surface area contributed by atoms with Crippen LogP contribution in [0.5, 0.6) is 0 Å². The summed E-state index contributed by atoms with van der Waals surface area (Å²) < 4.78 is 26.1. The molecule has 20 heavy (non-hydrogen) atoms.